The Labute approximate surface area is 239 Å². The van der Waals surface area contributed by atoms with Gasteiger partial charge in [-0.25, -0.2) is 4.98 Å². The molecule has 2 N–H and O–H groups in total. The predicted molar refractivity (Wildman–Crippen MR) is 154 cm³/mol. The minimum Gasteiger partial charge on any atom is -0.495 e. The Bertz CT molecular complexity index is 1390. The number of ether oxygens (including phenoxy) is 1. The Hall–Kier alpha value is -3.77. The molecule has 1 aromatic carbocycles. The molecule has 4 heterocycles. The molecule has 0 spiro atoms. The highest BCUT2D eigenvalue weighted by Gasteiger charge is 2.41. The molecule has 1 aliphatic carbocycles. The number of nitrogens with zero attached hydrogens (tertiary/aromatic N) is 7. The number of likely N-dealkylation sites (tertiary alicyclic amines) is 1. The molecule has 2 aliphatic heterocycles. The third-order valence-corrected chi connectivity index (χ3v) is 8.62. The molecule has 3 aliphatic rings. The van der Waals surface area contributed by atoms with Crippen LogP contribution in [0.4, 0.5) is 23.1 Å². The summed E-state index contributed by atoms with van der Waals surface area (Å²) in [7, 11) is 3.40. The Morgan fingerprint density at radius 3 is 2.76 bits per heavy atom. The van der Waals surface area contributed by atoms with Crippen LogP contribution in [0.5, 0.6) is 5.75 Å². The van der Waals surface area contributed by atoms with E-state index in [0.717, 1.165) is 55.7 Å². The van der Waals surface area contributed by atoms with Crippen molar-refractivity contribution in [3.63, 3.8) is 0 Å². The summed E-state index contributed by atoms with van der Waals surface area (Å²) in [6.45, 7) is 3.61. The number of amides is 1. The van der Waals surface area contributed by atoms with Gasteiger partial charge in [0.2, 0.25) is 23.6 Å². The molecular formula is C29H38N8O4. The van der Waals surface area contributed by atoms with Gasteiger partial charge in [-0.3, -0.25) is 9.69 Å². The van der Waals surface area contributed by atoms with E-state index in [0.29, 0.717) is 41.8 Å². The molecule has 12 heteroatoms. The van der Waals surface area contributed by atoms with Crippen molar-refractivity contribution in [2.75, 3.05) is 42.4 Å². The van der Waals surface area contributed by atoms with E-state index in [2.05, 4.69) is 37.2 Å². The number of carbonyl (C=O) groups is 1. The second-order valence-corrected chi connectivity index (χ2v) is 11.1. The molecule has 2 fully saturated rings. The number of hydrogen-bond donors (Lipinski definition) is 2. The van der Waals surface area contributed by atoms with Crippen molar-refractivity contribution in [2.45, 2.75) is 76.5 Å². The zero-order chi connectivity index (χ0) is 28.5. The van der Waals surface area contributed by atoms with E-state index in [1.54, 1.807) is 25.3 Å². The molecule has 0 bridgehead atoms. The van der Waals surface area contributed by atoms with Gasteiger partial charge in [-0.15, -0.1) is 10.2 Å². The third kappa shape index (κ3) is 5.21. The van der Waals surface area contributed by atoms with E-state index in [-0.39, 0.29) is 24.6 Å². The first-order chi connectivity index (χ1) is 20.0. The molecule has 2 aromatic heterocycles. The largest absolute Gasteiger partial charge is 0.495 e. The van der Waals surface area contributed by atoms with Gasteiger partial charge < -0.3 is 29.4 Å². The maximum atomic E-state index is 13.2. The normalized spacial score (nSPS) is 21.5. The summed E-state index contributed by atoms with van der Waals surface area (Å²) in [6.07, 6.45) is 8.93. The van der Waals surface area contributed by atoms with Gasteiger partial charge in [-0.2, -0.15) is 4.98 Å². The van der Waals surface area contributed by atoms with E-state index >= 15 is 0 Å². The summed E-state index contributed by atoms with van der Waals surface area (Å²) in [5, 5.41) is 21.4. The van der Waals surface area contributed by atoms with Gasteiger partial charge in [0.25, 0.3) is 0 Å². The summed E-state index contributed by atoms with van der Waals surface area (Å²) in [4.78, 5) is 28.7. The zero-order valence-corrected chi connectivity index (χ0v) is 23.9. The van der Waals surface area contributed by atoms with E-state index in [9.17, 15) is 9.90 Å². The van der Waals surface area contributed by atoms with Crippen molar-refractivity contribution in [3.05, 3.63) is 30.3 Å². The molecule has 2 unspecified atom stereocenters. The van der Waals surface area contributed by atoms with Crippen molar-refractivity contribution in [3.8, 4) is 17.2 Å². The Morgan fingerprint density at radius 2 is 2.00 bits per heavy atom. The zero-order valence-electron chi connectivity index (χ0n) is 23.9. The number of likely N-dealkylation sites (N-methyl/N-ethyl adjacent to an activating group) is 1. The van der Waals surface area contributed by atoms with E-state index in [1.165, 1.54) is 12.8 Å². The van der Waals surface area contributed by atoms with E-state index in [4.69, 9.17) is 14.1 Å². The average Bonchev–Trinajstić information content (AvgIpc) is 3.78. The van der Waals surface area contributed by atoms with Crippen LogP contribution in [0, 0.1) is 0 Å². The van der Waals surface area contributed by atoms with Crippen molar-refractivity contribution < 1.29 is 19.1 Å². The topological polar surface area (TPSA) is 133 Å². The monoisotopic (exact) mass is 562 g/mol. The Morgan fingerprint density at radius 1 is 1.17 bits per heavy atom. The quantitative estimate of drug-likeness (QED) is 0.395. The van der Waals surface area contributed by atoms with Gasteiger partial charge >= 0.3 is 0 Å². The lowest BCUT2D eigenvalue weighted by Crippen LogP contribution is -2.55. The fraction of sp³-hybridized carbons (Fsp3) is 0.552. The van der Waals surface area contributed by atoms with Gasteiger partial charge in [-0.1, -0.05) is 19.8 Å². The van der Waals surface area contributed by atoms with Gasteiger partial charge in [0.1, 0.15) is 17.5 Å². The highest BCUT2D eigenvalue weighted by molar-refractivity contribution is 6.04. The lowest BCUT2D eigenvalue weighted by Gasteiger charge is -2.43. The second-order valence-electron chi connectivity index (χ2n) is 11.1. The lowest BCUT2D eigenvalue weighted by molar-refractivity contribution is -0.120. The molecular weight excluding hydrogens is 524 g/mol. The van der Waals surface area contributed by atoms with Gasteiger partial charge in [0, 0.05) is 24.7 Å². The molecule has 3 aromatic rings. The van der Waals surface area contributed by atoms with E-state index < -0.39 is 0 Å². The predicted octanol–water partition coefficient (Wildman–Crippen LogP) is 3.74. The molecule has 12 nitrogen and oxygen atoms in total. The van der Waals surface area contributed by atoms with Crippen LogP contribution in [0.25, 0.3) is 11.5 Å². The number of nitrogens with one attached hydrogen (secondary N) is 1. The average molecular weight is 563 g/mol. The lowest BCUT2D eigenvalue weighted by atomic mass is 10.0. The van der Waals surface area contributed by atoms with Crippen LogP contribution < -0.4 is 19.9 Å². The molecule has 1 saturated carbocycles. The van der Waals surface area contributed by atoms with Crippen LogP contribution in [0.15, 0.2) is 28.8 Å². The molecule has 2 atom stereocenters. The van der Waals surface area contributed by atoms with Crippen LogP contribution >= 0.6 is 0 Å². The standard InChI is InChI=1S/C29H38N8O4/c1-4-22-28(39)35(2)23-15-30-29(32-26(23)37(22)19-8-5-6-9-19)31-21-12-11-18(14-24(21)40-3)27-34-33-25(41-27)16-36-13-7-10-20(36)17-38/h11-12,14-15,19-20,22,38H,4-10,13,16-17H2,1-3H3,(H,30,31,32). The summed E-state index contributed by atoms with van der Waals surface area (Å²) < 4.78 is 11.7. The second kappa shape index (κ2) is 11.6. The maximum Gasteiger partial charge on any atom is 0.249 e. The SMILES string of the molecule is CCC1C(=O)N(C)c2cnc(Nc3ccc(-c4nnc(CN5CCCC5CO)o4)cc3OC)nc2N1C1CCCC1. The molecule has 1 saturated heterocycles. The van der Waals surface area contributed by atoms with Gasteiger partial charge in [0.15, 0.2) is 5.82 Å². The summed E-state index contributed by atoms with van der Waals surface area (Å²) >= 11 is 0. The number of methoxy groups -OCH3 is 1. The van der Waals surface area contributed by atoms with Crippen molar-refractivity contribution in [1.29, 1.82) is 0 Å². The first-order valence-corrected chi connectivity index (χ1v) is 14.6. The first-order valence-electron chi connectivity index (χ1n) is 14.6. The Kier molecular flexibility index (Phi) is 7.76. The number of benzene rings is 1. The smallest absolute Gasteiger partial charge is 0.249 e. The third-order valence-electron chi connectivity index (χ3n) is 8.62. The number of aliphatic hydroxyl groups is 1. The molecule has 41 heavy (non-hydrogen) atoms. The molecule has 6 rings (SSSR count). The minimum atomic E-state index is -0.230. The molecule has 1 amide bonds. The summed E-state index contributed by atoms with van der Waals surface area (Å²) in [5.41, 5.74) is 2.15. The fourth-order valence-corrected chi connectivity index (χ4v) is 6.41. The first kappa shape index (κ1) is 27.4. The highest BCUT2D eigenvalue weighted by atomic mass is 16.5. The highest BCUT2D eigenvalue weighted by Crippen LogP contribution is 2.40. The van der Waals surface area contributed by atoms with E-state index in [1.807, 2.05) is 18.2 Å². The number of hydrogen-bond acceptors (Lipinski definition) is 11. The van der Waals surface area contributed by atoms with Crippen molar-refractivity contribution in [2.24, 2.45) is 0 Å². The summed E-state index contributed by atoms with van der Waals surface area (Å²) in [6, 6.07) is 5.81. The fourth-order valence-electron chi connectivity index (χ4n) is 6.41. The number of carbonyl (C=O) groups excluding carboxylic acids is 1. The molecule has 218 valence electrons. The minimum absolute atomic E-state index is 0.0892. The van der Waals surface area contributed by atoms with Crippen LogP contribution in [-0.4, -0.2) is 81.5 Å². The van der Waals surface area contributed by atoms with Gasteiger partial charge in [-0.05, 0) is 56.8 Å². The molecule has 0 radical (unpaired) electrons. The maximum absolute atomic E-state index is 13.2. The van der Waals surface area contributed by atoms with Crippen LogP contribution in [0.2, 0.25) is 0 Å². The number of fused-ring (bicyclic) bond motifs is 1. The van der Waals surface area contributed by atoms with Gasteiger partial charge in [0.05, 0.1) is 32.1 Å². The van der Waals surface area contributed by atoms with Crippen LogP contribution in [0.3, 0.4) is 0 Å². The number of anilines is 4. The summed E-state index contributed by atoms with van der Waals surface area (Å²) in [5.74, 6) is 2.81. The Balaban J connectivity index is 1.24. The number of rotatable bonds is 9. The number of aromatic nitrogens is 4. The number of aliphatic hydroxyl groups excluding tert-OH is 1. The van der Waals surface area contributed by atoms with Crippen LogP contribution in [-0.2, 0) is 11.3 Å². The van der Waals surface area contributed by atoms with Crippen LogP contribution in [0.1, 0.15) is 57.8 Å². The van der Waals surface area contributed by atoms with Crippen molar-refractivity contribution >= 4 is 29.0 Å². The van der Waals surface area contributed by atoms with Crippen molar-refractivity contribution in [1.82, 2.24) is 25.1 Å².